The fraction of sp³-hybridized carbons (Fsp3) is 0.364. The minimum atomic E-state index is 0.444. The Bertz CT molecular complexity index is 445. The van der Waals surface area contributed by atoms with Crippen molar-refractivity contribution >= 4 is 5.65 Å². The van der Waals surface area contributed by atoms with Gasteiger partial charge in [-0.25, -0.2) is 4.98 Å². The molecule has 2 rings (SSSR count). The van der Waals surface area contributed by atoms with Crippen molar-refractivity contribution in [2.24, 2.45) is 0 Å². The predicted octanol–water partition coefficient (Wildman–Crippen LogP) is 2.47. The van der Waals surface area contributed by atoms with E-state index in [0.29, 0.717) is 5.92 Å². The number of hydrogen-bond donors (Lipinski definition) is 0. The molecule has 0 aromatic carbocycles. The highest BCUT2D eigenvalue weighted by Gasteiger charge is 2.08. The molecule has 0 N–H and O–H groups in total. The maximum Gasteiger partial charge on any atom is 0.179 e. The van der Waals surface area contributed by atoms with Gasteiger partial charge >= 0.3 is 0 Å². The highest BCUT2D eigenvalue weighted by Crippen LogP contribution is 2.21. The van der Waals surface area contributed by atoms with Gasteiger partial charge in [-0.2, -0.15) is 0 Å². The second-order valence-corrected chi connectivity index (χ2v) is 3.63. The summed E-state index contributed by atoms with van der Waals surface area (Å²) in [6.07, 6.45) is 4.03. The highest BCUT2D eigenvalue weighted by molar-refractivity contribution is 5.54. The van der Waals surface area contributed by atoms with E-state index < -0.39 is 0 Å². The number of aromatic nitrogens is 2. The van der Waals surface area contributed by atoms with Gasteiger partial charge in [0.15, 0.2) is 11.4 Å². The van der Waals surface area contributed by atoms with Gasteiger partial charge in [-0.15, -0.1) is 0 Å². The van der Waals surface area contributed by atoms with Crippen molar-refractivity contribution in [3.05, 3.63) is 30.2 Å². The smallest absolute Gasteiger partial charge is 0.179 e. The fourth-order valence-electron chi connectivity index (χ4n) is 1.44. The number of ether oxygens (including phenoxy) is 1. The first-order valence-corrected chi connectivity index (χ1v) is 4.74. The van der Waals surface area contributed by atoms with Crippen LogP contribution in [0.2, 0.25) is 0 Å². The van der Waals surface area contributed by atoms with Crippen LogP contribution in [0.1, 0.15) is 25.5 Å². The van der Waals surface area contributed by atoms with Crippen LogP contribution in [-0.4, -0.2) is 16.5 Å². The van der Waals surface area contributed by atoms with Gasteiger partial charge in [-0.05, 0) is 18.1 Å². The van der Waals surface area contributed by atoms with E-state index in [1.807, 2.05) is 28.9 Å². The molecule has 2 heterocycles. The minimum Gasteiger partial charge on any atom is -0.493 e. The number of hydrogen-bond acceptors (Lipinski definition) is 2. The molecular weight excluding hydrogens is 176 g/mol. The van der Waals surface area contributed by atoms with Gasteiger partial charge in [0.25, 0.3) is 0 Å². The highest BCUT2D eigenvalue weighted by atomic mass is 16.5. The molecule has 0 amide bonds. The minimum absolute atomic E-state index is 0.444. The molecule has 14 heavy (non-hydrogen) atoms. The molecule has 0 saturated heterocycles. The maximum atomic E-state index is 5.24. The topological polar surface area (TPSA) is 26.5 Å². The molecule has 0 unspecified atom stereocenters. The SMILES string of the molecule is COc1cccn2cc(C(C)C)nc12. The second-order valence-electron chi connectivity index (χ2n) is 3.63. The summed E-state index contributed by atoms with van der Waals surface area (Å²) in [5, 5.41) is 0. The van der Waals surface area contributed by atoms with Crippen molar-refractivity contribution in [2.45, 2.75) is 19.8 Å². The number of fused-ring (bicyclic) bond motifs is 1. The Labute approximate surface area is 83.3 Å². The van der Waals surface area contributed by atoms with Crippen molar-refractivity contribution in [3.8, 4) is 5.75 Å². The quantitative estimate of drug-likeness (QED) is 0.727. The van der Waals surface area contributed by atoms with E-state index in [9.17, 15) is 0 Å². The first kappa shape index (κ1) is 9.06. The Kier molecular flexibility index (Phi) is 2.15. The summed E-state index contributed by atoms with van der Waals surface area (Å²) in [5.74, 6) is 1.26. The third-order valence-electron chi connectivity index (χ3n) is 2.28. The lowest BCUT2D eigenvalue weighted by Crippen LogP contribution is -1.88. The number of methoxy groups -OCH3 is 1. The Hall–Kier alpha value is -1.51. The molecule has 0 aliphatic heterocycles. The van der Waals surface area contributed by atoms with Gasteiger partial charge in [0.05, 0.1) is 12.8 Å². The summed E-state index contributed by atoms with van der Waals surface area (Å²) in [4.78, 5) is 4.52. The van der Waals surface area contributed by atoms with Crippen LogP contribution in [0.5, 0.6) is 5.75 Å². The van der Waals surface area contributed by atoms with Crippen LogP contribution in [0, 0.1) is 0 Å². The van der Waals surface area contributed by atoms with Gasteiger partial charge < -0.3 is 9.14 Å². The number of rotatable bonds is 2. The van der Waals surface area contributed by atoms with E-state index in [0.717, 1.165) is 17.1 Å². The fourth-order valence-corrected chi connectivity index (χ4v) is 1.44. The first-order valence-electron chi connectivity index (χ1n) is 4.74. The normalized spacial score (nSPS) is 11.1. The molecule has 3 heteroatoms. The monoisotopic (exact) mass is 190 g/mol. The Morgan fingerprint density at radius 1 is 1.43 bits per heavy atom. The van der Waals surface area contributed by atoms with Crippen LogP contribution in [0.15, 0.2) is 24.5 Å². The van der Waals surface area contributed by atoms with E-state index in [2.05, 4.69) is 18.8 Å². The van der Waals surface area contributed by atoms with Crippen LogP contribution >= 0.6 is 0 Å². The second kappa shape index (κ2) is 3.33. The zero-order chi connectivity index (χ0) is 10.1. The molecule has 0 radical (unpaired) electrons. The Morgan fingerprint density at radius 2 is 2.21 bits per heavy atom. The van der Waals surface area contributed by atoms with Crippen molar-refractivity contribution < 1.29 is 4.74 Å². The molecule has 0 bridgehead atoms. The van der Waals surface area contributed by atoms with Crippen molar-refractivity contribution in [1.82, 2.24) is 9.38 Å². The summed E-state index contributed by atoms with van der Waals surface area (Å²) in [7, 11) is 1.67. The number of pyridine rings is 1. The molecular formula is C11H14N2O. The molecule has 0 fully saturated rings. The van der Waals surface area contributed by atoms with E-state index in [1.54, 1.807) is 7.11 Å². The van der Waals surface area contributed by atoms with E-state index in [-0.39, 0.29) is 0 Å². The number of nitrogens with zero attached hydrogens (tertiary/aromatic N) is 2. The van der Waals surface area contributed by atoms with Crippen molar-refractivity contribution in [2.75, 3.05) is 7.11 Å². The lowest BCUT2D eigenvalue weighted by atomic mass is 10.2. The summed E-state index contributed by atoms with van der Waals surface area (Å²) in [6, 6.07) is 3.88. The van der Waals surface area contributed by atoms with E-state index in [4.69, 9.17) is 4.74 Å². The third kappa shape index (κ3) is 1.35. The first-order chi connectivity index (χ1) is 6.72. The van der Waals surface area contributed by atoms with E-state index in [1.165, 1.54) is 0 Å². The van der Waals surface area contributed by atoms with Crippen LogP contribution in [0.25, 0.3) is 5.65 Å². The van der Waals surface area contributed by atoms with Crippen LogP contribution in [0.3, 0.4) is 0 Å². The lowest BCUT2D eigenvalue weighted by molar-refractivity contribution is 0.417. The van der Waals surface area contributed by atoms with Crippen LogP contribution in [-0.2, 0) is 0 Å². The summed E-state index contributed by atoms with van der Waals surface area (Å²) in [5.41, 5.74) is 1.98. The van der Waals surface area contributed by atoms with E-state index >= 15 is 0 Å². The average molecular weight is 190 g/mol. The average Bonchev–Trinajstić information content (AvgIpc) is 2.60. The summed E-state index contributed by atoms with van der Waals surface area (Å²) < 4.78 is 7.23. The molecule has 2 aromatic heterocycles. The van der Waals surface area contributed by atoms with Gasteiger partial charge in [0, 0.05) is 12.4 Å². The molecule has 3 nitrogen and oxygen atoms in total. The molecule has 74 valence electrons. The van der Waals surface area contributed by atoms with Gasteiger partial charge in [0.1, 0.15) is 0 Å². The third-order valence-corrected chi connectivity index (χ3v) is 2.28. The lowest BCUT2D eigenvalue weighted by Gasteiger charge is -1.99. The largest absolute Gasteiger partial charge is 0.493 e. The Morgan fingerprint density at radius 3 is 2.86 bits per heavy atom. The molecule has 0 spiro atoms. The Balaban J connectivity index is 2.64. The molecule has 0 aliphatic rings. The zero-order valence-corrected chi connectivity index (χ0v) is 8.69. The summed E-state index contributed by atoms with van der Waals surface area (Å²) in [6.45, 7) is 4.27. The maximum absolute atomic E-state index is 5.24. The van der Waals surface area contributed by atoms with Gasteiger partial charge in [-0.1, -0.05) is 13.8 Å². The zero-order valence-electron chi connectivity index (χ0n) is 8.69. The molecule has 0 aliphatic carbocycles. The van der Waals surface area contributed by atoms with Crippen molar-refractivity contribution in [1.29, 1.82) is 0 Å². The predicted molar refractivity (Wildman–Crippen MR) is 55.8 cm³/mol. The number of imidazole rings is 1. The standard InChI is InChI=1S/C11H14N2O/c1-8(2)9-7-13-6-4-5-10(14-3)11(13)12-9/h4-8H,1-3H3. The molecule has 0 atom stereocenters. The van der Waals surface area contributed by atoms with Gasteiger partial charge in [0.2, 0.25) is 0 Å². The summed E-state index contributed by atoms with van der Waals surface area (Å²) >= 11 is 0. The van der Waals surface area contributed by atoms with Crippen LogP contribution < -0.4 is 4.74 Å². The van der Waals surface area contributed by atoms with Gasteiger partial charge in [-0.3, -0.25) is 0 Å². The van der Waals surface area contributed by atoms with Crippen molar-refractivity contribution in [3.63, 3.8) is 0 Å². The molecule has 0 saturated carbocycles. The van der Waals surface area contributed by atoms with Crippen LogP contribution in [0.4, 0.5) is 0 Å². The molecule has 2 aromatic rings.